The Balaban J connectivity index is 2.64. The van der Waals surface area contributed by atoms with Crippen LogP contribution in [0.5, 0.6) is 0 Å². The fourth-order valence-corrected chi connectivity index (χ4v) is 3.09. The van der Waals surface area contributed by atoms with Crippen molar-refractivity contribution in [2.75, 3.05) is 0 Å². The molecule has 0 saturated heterocycles. The predicted octanol–water partition coefficient (Wildman–Crippen LogP) is 3.29. The Hall–Kier alpha value is -1.80. The molecule has 2 aromatic heterocycles. The third kappa shape index (κ3) is 1.68. The number of nitro groups is 2. The number of rotatable bonds is 3. The number of hydrogen-bond acceptors (Lipinski definition) is 6. The van der Waals surface area contributed by atoms with Gasteiger partial charge in [0.15, 0.2) is 0 Å². The smallest absolute Gasteiger partial charge is 0.258 e. The van der Waals surface area contributed by atoms with Gasteiger partial charge in [-0.1, -0.05) is 6.07 Å². The molecule has 0 radical (unpaired) electrons. The van der Waals surface area contributed by atoms with Gasteiger partial charge >= 0.3 is 11.4 Å². The van der Waals surface area contributed by atoms with Crippen molar-refractivity contribution in [1.29, 1.82) is 0 Å². The maximum absolute atomic E-state index is 10.8. The molecule has 0 aromatic carbocycles. The molecule has 0 spiro atoms. The summed E-state index contributed by atoms with van der Waals surface area (Å²) in [7, 11) is 0. The second kappa shape index (κ2) is 3.99. The van der Waals surface area contributed by atoms with Crippen LogP contribution < -0.4 is 0 Å². The molecular weight excluding hydrogens is 252 g/mol. The van der Waals surface area contributed by atoms with Gasteiger partial charge in [-0.25, -0.2) is 0 Å². The topological polar surface area (TPSA) is 86.3 Å². The van der Waals surface area contributed by atoms with E-state index in [1.54, 1.807) is 17.5 Å². The van der Waals surface area contributed by atoms with Gasteiger partial charge in [-0.3, -0.25) is 20.2 Å². The molecule has 6 nitrogen and oxygen atoms in total. The lowest BCUT2D eigenvalue weighted by molar-refractivity contribution is -0.421. The highest BCUT2D eigenvalue weighted by molar-refractivity contribution is 7.21. The second-order valence-corrected chi connectivity index (χ2v) is 4.62. The van der Waals surface area contributed by atoms with Gasteiger partial charge in [-0.2, -0.15) is 0 Å². The van der Waals surface area contributed by atoms with Gasteiger partial charge in [0.25, 0.3) is 0 Å². The van der Waals surface area contributed by atoms with Crippen molar-refractivity contribution in [1.82, 2.24) is 0 Å². The molecule has 16 heavy (non-hydrogen) atoms. The quantitative estimate of drug-likeness (QED) is 0.622. The molecule has 0 fully saturated rings. The molecule has 0 aliphatic rings. The minimum Gasteiger partial charge on any atom is -0.258 e. The average Bonchev–Trinajstić information content (AvgIpc) is 2.85. The van der Waals surface area contributed by atoms with Gasteiger partial charge in [-0.05, 0) is 11.4 Å². The van der Waals surface area contributed by atoms with E-state index in [0.717, 1.165) is 11.3 Å². The summed E-state index contributed by atoms with van der Waals surface area (Å²) in [6, 6.07) is 3.45. The lowest BCUT2D eigenvalue weighted by Gasteiger charge is -1.92. The third-order valence-electron chi connectivity index (χ3n) is 1.87. The summed E-state index contributed by atoms with van der Waals surface area (Å²) in [6.45, 7) is 0. The first-order valence-electron chi connectivity index (χ1n) is 4.05. The summed E-state index contributed by atoms with van der Waals surface area (Å²) in [4.78, 5) is 21.0. The summed E-state index contributed by atoms with van der Waals surface area (Å²) in [6.07, 6.45) is 0. The van der Waals surface area contributed by atoms with Gasteiger partial charge in [0.2, 0.25) is 0 Å². The molecule has 82 valence electrons. The molecule has 0 N–H and O–H groups in total. The summed E-state index contributed by atoms with van der Waals surface area (Å²) in [5, 5.41) is 24.4. The van der Waals surface area contributed by atoms with E-state index in [-0.39, 0.29) is 0 Å². The van der Waals surface area contributed by atoms with Crippen LogP contribution in [0.15, 0.2) is 22.9 Å². The van der Waals surface area contributed by atoms with Gasteiger partial charge in [0.1, 0.15) is 4.88 Å². The van der Waals surface area contributed by atoms with Crippen LogP contribution in [-0.4, -0.2) is 9.85 Å². The Kier molecular flexibility index (Phi) is 2.67. The Bertz CT molecular complexity index is 546. The predicted molar refractivity (Wildman–Crippen MR) is 60.9 cm³/mol. The van der Waals surface area contributed by atoms with E-state index in [9.17, 15) is 20.2 Å². The van der Waals surface area contributed by atoms with Crippen LogP contribution in [0.3, 0.4) is 0 Å². The minimum atomic E-state index is -0.730. The molecular formula is C8H4N2O4S2. The van der Waals surface area contributed by atoms with Crippen molar-refractivity contribution in [3.8, 4) is 9.75 Å². The molecule has 0 bridgehead atoms. The highest BCUT2D eigenvalue weighted by Gasteiger charge is 2.32. The Morgan fingerprint density at radius 3 is 2.38 bits per heavy atom. The third-order valence-corrected chi connectivity index (χ3v) is 3.88. The summed E-state index contributed by atoms with van der Waals surface area (Å²) in [5.74, 6) is 0. The number of nitrogens with zero attached hydrogens (tertiary/aromatic N) is 2. The highest BCUT2D eigenvalue weighted by atomic mass is 32.1. The first kappa shape index (κ1) is 10.7. The normalized spacial score (nSPS) is 10.2. The summed E-state index contributed by atoms with van der Waals surface area (Å²) in [5.41, 5.74) is -0.865. The maximum Gasteiger partial charge on any atom is 0.365 e. The zero-order valence-corrected chi connectivity index (χ0v) is 9.29. The lowest BCUT2D eigenvalue weighted by Crippen LogP contribution is -1.93. The summed E-state index contributed by atoms with van der Waals surface area (Å²) < 4.78 is 0. The fourth-order valence-electron chi connectivity index (χ4n) is 1.23. The van der Waals surface area contributed by atoms with Crippen LogP contribution in [-0.2, 0) is 0 Å². The van der Waals surface area contributed by atoms with E-state index in [1.807, 2.05) is 0 Å². The van der Waals surface area contributed by atoms with Crippen LogP contribution >= 0.6 is 22.7 Å². The van der Waals surface area contributed by atoms with E-state index in [1.165, 1.54) is 16.7 Å². The van der Waals surface area contributed by atoms with Crippen LogP contribution in [0.25, 0.3) is 9.75 Å². The van der Waals surface area contributed by atoms with Crippen molar-refractivity contribution in [2.45, 2.75) is 0 Å². The van der Waals surface area contributed by atoms with Crippen molar-refractivity contribution in [3.63, 3.8) is 0 Å². The molecule has 0 saturated carbocycles. The highest BCUT2D eigenvalue weighted by Crippen LogP contribution is 2.44. The van der Waals surface area contributed by atoms with E-state index in [4.69, 9.17) is 0 Å². The van der Waals surface area contributed by atoms with Crippen molar-refractivity contribution >= 4 is 34.0 Å². The Morgan fingerprint density at radius 1 is 1.12 bits per heavy atom. The van der Waals surface area contributed by atoms with Crippen LogP contribution in [0.4, 0.5) is 11.4 Å². The van der Waals surface area contributed by atoms with Gasteiger partial charge < -0.3 is 0 Å². The summed E-state index contributed by atoms with van der Waals surface area (Å²) >= 11 is 2.33. The minimum absolute atomic E-state index is 0.340. The maximum atomic E-state index is 10.8. The zero-order valence-electron chi connectivity index (χ0n) is 7.65. The molecule has 2 heterocycles. The van der Waals surface area contributed by atoms with E-state index in [0.29, 0.717) is 9.75 Å². The van der Waals surface area contributed by atoms with Gasteiger partial charge in [0.05, 0.1) is 20.1 Å². The van der Waals surface area contributed by atoms with Crippen molar-refractivity contribution < 1.29 is 9.85 Å². The standard InChI is InChI=1S/C8H4N2O4S2/c11-9(12)5-4-16-8(7(5)10(13)14)6-2-1-3-15-6/h1-4H. The zero-order chi connectivity index (χ0) is 11.7. The molecule has 0 atom stereocenters. The molecule has 0 aliphatic heterocycles. The fraction of sp³-hybridized carbons (Fsp3) is 0. The van der Waals surface area contributed by atoms with Crippen LogP contribution in [0, 0.1) is 20.2 Å². The SMILES string of the molecule is O=[N+]([O-])c1csc(-c2cccs2)c1[N+](=O)[O-]. The molecule has 8 heteroatoms. The first-order valence-corrected chi connectivity index (χ1v) is 5.81. The Labute approximate surface area is 97.1 Å². The van der Waals surface area contributed by atoms with E-state index in [2.05, 4.69) is 0 Å². The first-order chi connectivity index (χ1) is 7.61. The van der Waals surface area contributed by atoms with E-state index < -0.39 is 21.2 Å². The number of thiophene rings is 2. The molecule has 0 unspecified atom stereocenters. The largest absolute Gasteiger partial charge is 0.365 e. The van der Waals surface area contributed by atoms with Crippen molar-refractivity contribution in [2.24, 2.45) is 0 Å². The van der Waals surface area contributed by atoms with Crippen molar-refractivity contribution in [3.05, 3.63) is 43.1 Å². The average molecular weight is 256 g/mol. The number of hydrogen-bond donors (Lipinski definition) is 0. The molecule has 0 aliphatic carbocycles. The Morgan fingerprint density at radius 2 is 1.88 bits per heavy atom. The van der Waals surface area contributed by atoms with Gasteiger partial charge in [-0.15, -0.1) is 22.7 Å². The van der Waals surface area contributed by atoms with E-state index >= 15 is 0 Å². The molecule has 0 amide bonds. The second-order valence-electron chi connectivity index (χ2n) is 2.79. The van der Waals surface area contributed by atoms with Crippen LogP contribution in [0.1, 0.15) is 0 Å². The molecule has 2 rings (SSSR count). The lowest BCUT2D eigenvalue weighted by atomic mass is 10.3. The van der Waals surface area contributed by atoms with Crippen LogP contribution in [0.2, 0.25) is 0 Å². The molecule has 2 aromatic rings. The van der Waals surface area contributed by atoms with Gasteiger partial charge in [0, 0.05) is 0 Å². The monoisotopic (exact) mass is 256 g/mol.